The lowest BCUT2D eigenvalue weighted by molar-refractivity contribution is -0.139. The number of thiazole rings is 1. The molecule has 0 saturated heterocycles. The molecule has 0 saturated carbocycles. The van der Waals surface area contributed by atoms with Crippen molar-refractivity contribution in [1.29, 1.82) is 0 Å². The van der Waals surface area contributed by atoms with Crippen LogP contribution in [0.2, 0.25) is 5.02 Å². The van der Waals surface area contributed by atoms with Crippen LogP contribution in [0.3, 0.4) is 0 Å². The Hall–Kier alpha value is -3.63. The molecule has 1 aliphatic heterocycles. The Morgan fingerprint density at radius 3 is 2.71 bits per heavy atom. The maximum absolute atomic E-state index is 13.3. The van der Waals surface area contributed by atoms with E-state index in [0.717, 1.165) is 11.3 Å². The zero-order chi connectivity index (χ0) is 24.9. The van der Waals surface area contributed by atoms with Crippen molar-refractivity contribution in [3.05, 3.63) is 75.3 Å². The average molecular weight is 516 g/mol. The van der Waals surface area contributed by atoms with Crippen LogP contribution in [0.5, 0.6) is 5.75 Å². The van der Waals surface area contributed by atoms with Crippen molar-refractivity contribution in [1.82, 2.24) is 9.88 Å². The summed E-state index contributed by atoms with van der Waals surface area (Å²) < 4.78 is 11.1. The van der Waals surface area contributed by atoms with Crippen molar-refractivity contribution in [2.45, 2.75) is 26.0 Å². The molecule has 11 heteroatoms. The number of carboxylic acids is 1. The quantitative estimate of drug-likeness (QED) is 0.475. The van der Waals surface area contributed by atoms with Gasteiger partial charge in [0.15, 0.2) is 11.7 Å². The molecule has 2 N–H and O–H groups in total. The molecule has 1 unspecified atom stereocenters. The third-order valence-electron chi connectivity index (χ3n) is 5.22. The molecule has 1 aromatic heterocycles. The molecule has 182 valence electrons. The first-order valence-electron chi connectivity index (χ1n) is 10.7. The minimum Gasteiger partial charge on any atom is -0.482 e. The van der Waals surface area contributed by atoms with Crippen molar-refractivity contribution < 1.29 is 29.0 Å². The Kier molecular flexibility index (Phi) is 7.52. The van der Waals surface area contributed by atoms with E-state index in [2.05, 4.69) is 10.3 Å². The standard InChI is InChI=1S/C24H22ClN3O6S/c1-14(29)26-23-27-18-9-10-28(24(32)34-12-15-5-3-2-4-6-15)21(22(18)35-23)17-11-16(25)7-8-19(17)33-13-20(30)31/h2-8,11,21H,9-10,12-13H2,1H3,(H,30,31)(H,26,27,29). The van der Waals surface area contributed by atoms with Crippen LogP contribution in [-0.4, -0.2) is 46.1 Å². The van der Waals surface area contributed by atoms with Crippen LogP contribution in [0.4, 0.5) is 9.93 Å². The fourth-order valence-electron chi connectivity index (χ4n) is 3.77. The predicted octanol–water partition coefficient (Wildman–Crippen LogP) is 4.50. The van der Waals surface area contributed by atoms with Gasteiger partial charge < -0.3 is 19.9 Å². The summed E-state index contributed by atoms with van der Waals surface area (Å²) in [6.45, 7) is 1.21. The van der Waals surface area contributed by atoms with Gasteiger partial charge in [0, 0.05) is 30.5 Å². The van der Waals surface area contributed by atoms with Gasteiger partial charge in [-0.1, -0.05) is 53.3 Å². The van der Waals surface area contributed by atoms with E-state index in [1.807, 2.05) is 30.3 Å². The zero-order valence-electron chi connectivity index (χ0n) is 18.7. The van der Waals surface area contributed by atoms with Crippen LogP contribution in [-0.2, 0) is 27.4 Å². The number of halogens is 1. The van der Waals surface area contributed by atoms with Gasteiger partial charge in [-0.25, -0.2) is 14.6 Å². The van der Waals surface area contributed by atoms with E-state index >= 15 is 0 Å². The number of carbonyl (C=O) groups excluding carboxylic acids is 2. The van der Waals surface area contributed by atoms with Gasteiger partial charge >= 0.3 is 12.1 Å². The molecule has 4 rings (SSSR count). The summed E-state index contributed by atoms with van der Waals surface area (Å²) >= 11 is 7.53. The number of aliphatic carboxylic acids is 1. The van der Waals surface area contributed by atoms with Crippen LogP contribution in [0, 0.1) is 0 Å². The highest BCUT2D eigenvalue weighted by atomic mass is 35.5. The molecule has 2 aromatic carbocycles. The molecule has 0 spiro atoms. The minimum absolute atomic E-state index is 0.0908. The van der Waals surface area contributed by atoms with Crippen LogP contribution >= 0.6 is 22.9 Å². The molecule has 2 heterocycles. The van der Waals surface area contributed by atoms with E-state index in [4.69, 9.17) is 26.2 Å². The summed E-state index contributed by atoms with van der Waals surface area (Å²) in [6, 6.07) is 13.4. The summed E-state index contributed by atoms with van der Waals surface area (Å²) in [6.07, 6.45) is -0.100. The van der Waals surface area contributed by atoms with E-state index in [1.54, 1.807) is 23.1 Å². The van der Waals surface area contributed by atoms with E-state index in [-0.39, 0.29) is 18.3 Å². The number of ether oxygens (including phenoxy) is 2. The largest absolute Gasteiger partial charge is 0.482 e. The Morgan fingerprint density at radius 2 is 2.00 bits per heavy atom. The topological polar surface area (TPSA) is 118 Å². The SMILES string of the molecule is CC(=O)Nc1nc2c(s1)C(c1cc(Cl)ccc1OCC(=O)O)N(C(=O)OCc1ccccc1)CC2. The van der Waals surface area contributed by atoms with Gasteiger partial charge in [-0.15, -0.1) is 0 Å². The normalized spacial score (nSPS) is 14.7. The van der Waals surface area contributed by atoms with E-state index < -0.39 is 24.7 Å². The molecule has 35 heavy (non-hydrogen) atoms. The number of rotatable bonds is 7. The molecule has 0 bridgehead atoms. The van der Waals surface area contributed by atoms with Crippen molar-refractivity contribution in [3.63, 3.8) is 0 Å². The number of hydrogen-bond acceptors (Lipinski definition) is 7. The number of carboxylic acid groups (broad SMARTS) is 1. The van der Waals surface area contributed by atoms with Crippen LogP contribution in [0.15, 0.2) is 48.5 Å². The van der Waals surface area contributed by atoms with Crippen molar-refractivity contribution in [3.8, 4) is 5.75 Å². The van der Waals surface area contributed by atoms with Crippen molar-refractivity contribution >= 4 is 46.0 Å². The summed E-state index contributed by atoms with van der Waals surface area (Å²) in [4.78, 5) is 42.8. The predicted molar refractivity (Wildman–Crippen MR) is 130 cm³/mol. The number of aromatic nitrogens is 1. The van der Waals surface area contributed by atoms with Gasteiger partial charge in [-0.05, 0) is 23.8 Å². The van der Waals surface area contributed by atoms with Gasteiger partial charge in [0.25, 0.3) is 0 Å². The minimum atomic E-state index is -1.14. The second kappa shape index (κ2) is 10.7. The summed E-state index contributed by atoms with van der Waals surface area (Å²) in [5.74, 6) is -1.13. The number of amides is 2. The lowest BCUT2D eigenvalue weighted by Gasteiger charge is -2.35. The molecule has 1 atom stereocenters. The molecule has 9 nitrogen and oxygen atoms in total. The van der Waals surface area contributed by atoms with E-state index in [1.165, 1.54) is 18.3 Å². The Labute approximate surface area is 210 Å². The van der Waals surface area contributed by atoms with Crippen molar-refractivity contribution in [2.24, 2.45) is 0 Å². The Morgan fingerprint density at radius 1 is 1.23 bits per heavy atom. The molecule has 0 radical (unpaired) electrons. The lowest BCUT2D eigenvalue weighted by Crippen LogP contribution is -2.40. The third kappa shape index (κ3) is 5.90. The second-order valence-corrected chi connectivity index (χ2v) is 9.23. The number of hydrogen-bond donors (Lipinski definition) is 2. The number of fused-ring (bicyclic) bond motifs is 1. The highest BCUT2D eigenvalue weighted by Gasteiger charge is 2.38. The zero-order valence-corrected chi connectivity index (χ0v) is 20.3. The molecular weight excluding hydrogens is 494 g/mol. The summed E-state index contributed by atoms with van der Waals surface area (Å²) in [7, 11) is 0. The highest BCUT2D eigenvalue weighted by molar-refractivity contribution is 7.16. The number of nitrogens with zero attached hydrogens (tertiary/aromatic N) is 2. The number of carbonyl (C=O) groups is 3. The van der Waals surface area contributed by atoms with Gasteiger partial charge in [0.1, 0.15) is 18.4 Å². The number of anilines is 1. The van der Waals surface area contributed by atoms with E-state index in [9.17, 15) is 14.4 Å². The molecule has 0 fully saturated rings. The molecule has 3 aromatic rings. The fraction of sp³-hybridized carbons (Fsp3) is 0.250. The van der Waals surface area contributed by atoms with E-state index in [0.29, 0.717) is 33.6 Å². The van der Waals surface area contributed by atoms with Gasteiger partial charge in [0.2, 0.25) is 5.91 Å². The van der Waals surface area contributed by atoms with Crippen LogP contribution < -0.4 is 10.1 Å². The molecule has 1 aliphatic rings. The van der Waals surface area contributed by atoms with Crippen LogP contribution in [0.1, 0.15) is 34.7 Å². The van der Waals surface area contributed by atoms with Crippen molar-refractivity contribution in [2.75, 3.05) is 18.5 Å². The monoisotopic (exact) mass is 515 g/mol. The average Bonchev–Trinajstić information content (AvgIpc) is 3.23. The highest BCUT2D eigenvalue weighted by Crippen LogP contribution is 2.44. The van der Waals surface area contributed by atoms with Gasteiger partial charge in [-0.2, -0.15) is 0 Å². The summed E-state index contributed by atoms with van der Waals surface area (Å²) in [5.41, 5.74) is 2.06. The maximum Gasteiger partial charge on any atom is 0.410 e. The number of nitrogens with one attached hydrogen (secondary N) is 1. The summed E-state index contributed by atoms with van der Waals surface area (Å²) in [5, 5.41) is 12.6. The lowest BCUT2D eigenvalue weighted by atomic mass is 9.97. The molecular formula is C24H22ClN3O6S. The van der Waals surface area contributed by atoms with Gasteiger partial charge in [0.05, 0.1) is 10.6 Å². The van der Waals surface area contributed by atoms with Gasteiger partial charge in [-0.3, -0.25) is 9.69 Å². The second-order valence-electron chi connectivity index (χ2n) is 7.76. The first kappa shape index (κ1) is 24.5. The van der Waals surface area contributed by atoms with Crippen LogP contribution in [0.25, 0.3) is 0 Å². The first-order chi connectivity index (χ1) is 16.8. The smallest absolute Gasteiger partial charge is 0.410 e. The third-order valence-corrected chi connectivity index (χ3v) is 6.52. The molecule has 2 amide bonds. The number of benzene rings is 2. The maximum atomic E-state index is 13.3. The molecule has 0 aliphatic carbocycles. The fourth-order valence-corrected chi connectivity index (χ4v) is 5.14. The Balaban J connectivity index is 1.72. The Bertz CT molecular complexity index is 1250. The first-order valence-corrected chi connectivity index (χ1v) is 11.9.